The molecular formula is C12H15F3. The van der Waals surface area contributed by atoms with E-state index in [0.29, 0.717) is 6.42 Å². The zero-order valence-electron chi connectivity index (χ0n) is 8.93. The summed E-state index contributed by atoms with van der Waals surface area (Å²) in [5.41, 5.74) is 2.10. The third-order valence-electron chi connectivity index (χ3n) is 2.28. The molecule has 1 atom stereocenters. The Morgan fingerprint density at radius 3 is 2.13 bits per heavy atom. The summed E-state index contributed by atoms with van der Waals surface area (Å²) < 4.78 is 36.2. The molecule has 0 aromatic heterocycles. The molecule has 0 amide bonds. The molecule has 0 radical (unpaired) electrons. The molecule has 0 spiro atoms. The van der Waals surface area contributed by atoms with Gasteiger partial charge >= 0.3 is 6.18 Å². The Morgan fingerprint density at radius 2 is 1.67 bits per heavy atom. The van der Waals surface area contributed by atoms with Crippen LogP contribution in [0.15, 0.2) is 24.3 Å². The largest absolute Gasteiger partial charge is 0.389 e. The molecule has 0 nitrogen and oxygen atoms in total. The van der Waals surface area contributed by atoms with Crippen molar-refractivity contribution >= 4 is 0 Å². The van der Waals surface area contributed by atoms with E-state index in [1.807, 2.05) is 31.2 Å². The van der Waals surface area contributed by atoms with E-state index in [4.69, 9.17) is 0 Å². The second kappa shape index (κ2) is 4.69. The molecule has 0 N–H and O–H groups in total. The van der Waals surface area contributed by atoms with Gasteiger partial charge in [-0.25, -0.2) is 0 Å². The molecule has 1 aromatic carbocycles. The van der Waals surface area contributed by atoms with Crippen LogP contribution in [0.4, 0.5) is 13.2 Å². The number of hydrogen-bond donors (Lipinski definition) is 0. The Hall–Kier alpha value is -0.990. The van der Waals surface area contributed by atoms with E-state index < -0.39 is 12.6 Å². The Morgan fingerprint density at radius 1 is 1.13 bits per heavy atom. The quantitative estimate of drug-likeness (QED) is 0.712. The predicted octanol–water partition coefficient (Wildman–Crippen LogP) is 4.13. The first-order valence-electron chi connectivity index (χ1n) is 4.99. The third-order valence-corrected chi connectivity index (χ3v) is 2.28. The van der Waals surface area contributed by atoms with Crippen LogP contribution in [0.2, 0.25) is 0 Å². The van der Waals surface area contributed by atoms with Gasteiger partial charge in [-0.3, -0.25) is 0 Å². The van der Waals surface area contributed by atoms with Crippen LogP contribution in [0.3, 0.4) is 0 Å². The normalized spacial score (nSPS) is 13.9. The maximum Gasteiger partial charge on any atom is 0.389 e. The van der Waals surface area contributed by atoms with E-state index >= 15 is 0 Å². The minimum absolute atomic E-state index is 0.354. The van der Waals surface area contributed by atoms with Crippen LogP contribution in [-0.2, 0) is 6.42 Å². The minimum Gasteiger partial charge on any atom is -0.171 e. The SMILES string of the molecule is Cc1ccc(CC(C)CC(F)(F)F)cc1. The first-order chi connectivity index (χ1) is 6.87. The van der Waals surface area contributed by atoms with Gasteiger partial charge < -0.3 is 0 Å². The van der Waals surface area contributed by atoms with E-state index in [-0.39, 0.29) is 5.92 Å². The molecule has 0 heterocycles. The van der Waals surface area contributed by atoms with Gasteiger partial charge in [0.2, 0.25) is 0 Å². The number of benzene rings is 1. The lowest BCUT2D eigenvalue weighted by molar-refractivity contribution is -0.143. The maximum atomic E-state index is 12.1. The predicted molar refractivity (Wildman–Crippen MR) is 54.7 cm³/mol. The molecule has 0 fully saturated rings. The summed E-state index contributed by atoms with van der Waals surface area (Å²) in [6, 6.07) is 7.63. The lowest BCUT2D eigenvalue weighted by Gasteiger charge is -2.13. The number of halogens is 3. The summed E-state index contributed by atoms with van der Waals surface area (Å²) >= 11 is 0. The molecule has 1 unspecified atom stereocenters. The fourth-order valence-corrected chi connectivity index (χ4v) is 1.59. The van der Waals surface area contributed by atoms with Gasteiger partial charge in [-0.2, -0.15) is 13.2 Å². The van der Waals surface area contributed by atoms with Crippen molar-refractivity contribution in [2.45, 2.75) is 32.9 Å². The lowest BCUT2D eigenvalue weighted by Crippen LogP contribution is -2.14. The Labute approximate surface area is 88.1 Å². The van der Waals surface area contributed by atoms with E-state index in [9.17, 15) is 13.2 Å². The Kier molecular flexibility index (Phi) is 3.77. The van der Waals surface area contributed by atoms with Crippen LogP contribution in [0.5, 0.6) is 0 Å². The van der Waals surface area contributed by atoms with Gasteiger partial charge in [-0.05, 0) is 24.8 Å². The van der Waals surface area contributed by atoms with E-state index in [1.165, 1.54) is 0 Å². The number of aryl methyl sites for hydroxylation is 1. The number of rotatable bonds is 3. The fourth-order valence-electron chi connectivity index (χ4n) is 1.59. The molecule has 0 aliphatic rings. The van der Waals surface area contributed by atoms with Crippen LogP contribution in [-0.4, -0.2) is 6.18 Å². The van der Waals surface area contributed by atoms with Crippen molar-refractivity contribution in [2.24, 2.45) is 5.92 Å². The summed E-state index contributed by atoms with van der Waals surface area (Å²) in [7, 11) is 0. The summed E-state index contributed by atoms with van der Waals surface area (Å²) in [5, 5.41) is 0. The lowest BCUT2D eigenvalue weighted by atomic mass is 9.97. The molecule has 84 valence electrons. The first-order valence-corrected chi connectivity index (χ1v) is 4.99. The maximum absolute atomic E-state index is 12.1. The van der Waals surface area contributed by atoms with Crippen LogP contribution in [0.1, 0.15) is 24.5 Å². The highest BCUT2D eigenvalue weighted by molar-refractivity contribution is 5.21. The van der Waals surface area contributed by atoms with Gasteiger partial charge in [0.25, 0.3) is 0 Å². The average molecular weight is 216 g/mol. The van der Waals surface area contributed by atoms with Gasteiger partial charge in [-0.1, -0.05) is 36.8 Å². The van der Waals surface area contributed by atoms with Crippen LogP contribution >= 0.6 is 0 Å². The number of hydrogen-bond acceptors (Lipinski definition) is 0. The van der Waals surface area contributed by atoms with Crippen molar-refractivity contribution < 1.29 is 13.2 Å². The van der Waals surface area contributed by atoms with Crippen molar-refractivity contribution in [3.05, 3.63) is 35.4 Å². The molecule has 0 bridgehead atoms. The fraction of sp³-hybridized carbons (Fsp3) is 0.500. The molecule has 0 saturated carbocycles. The Balaban J connectivity index is 2.51. The van der Waals surface area contributed by atoms with Crippen LogP contribution in [0, 0.1) is 12.8 Å². The molecule has 0 saturated heterocycles. The first kappa shape index (κ1) is 12.1. The summed E-state index contributed by atoms with van der Waals surface area (Å²) in [6.45, 7) is 3.59. The third kappa shape index (κ3) is 4.86. The zero-order chi connectivity index (χ0) is 11.5. The molecule has 3 heteroatoms. The molecule has 15 heavy (non-hydrogen) atoms. The van der Waals surface area contributed by atoms with Gasteiger partial charge in [0.15, 0.2) is 0 Å². The molecule has 1 aromatic rings. The van der Waals surface area contributed by atoms with E-state index in [1.54, 1.807) is 6.92 Å². The highest BCUT2D eigenvalue weighted by Crippen LogP contribution is 2.26. The minimum atomic E-state index is -4.05. The van der Waals surface area contributed by atoms with Crippen LogP contribution < -0.4 is 0 Å². The van der Waals surface area contributed by atoms with Crippen molar-refractivity contribution in [1.82, 2.24) is 0 Å². The second-order valence-electron chi connectivity index (χ2n) is 4.11. The van der Waals surface area contributed by atoms with E-state index in [0.717, 1.165) is 11.1 Å². The smallest absolute Gasteiger partial charge is 0.171 e. The molecular weight excluding hydrogens is 201 g/mol. The van der Waals surface area contributed by atoms with Crippen molar-refractivity contribution in [3.63, 3.8) is 0 Å². The monoisotopic (exact) mass is 216 g/mol. The topological polar surface area (TPSA) is 0 Å². The molecule has 0 aliphatic heterocycles. The second-order valence-corrected chi connectivity index (χ2v) is 4.11. The molecule has 0 aliphatic carbocycles. The Bertz CT molecular complexity index is 298. The van der Waals surface area contributed by atoms with Gasteiger partial charge in [0, 0.05) is 6.42 Å². The highest BCUT2D eigenvalue weighted by atomic mass is 19.4. The summed E-state index contributed by atoms with van der Waals surface area (Å²) in [6.07, 6.45) is -4.27. The van der Waals surface area contributed by atoms with Crippen molar-refractivity contribution in [2.75, 3.05) is 0 Å². The summed E-state index contributed by atoms with van der Waals surface area (Å²) in [4.78, 5) is 0. The van der Waals surface area contributed by atoms with Gasteiger partial charge in [0.05, 0.1) is 0 Å². The highest BCUT2D eigenvalue weighted by Gasteiger charge is 2.29. The zero-order valence-corrected chi connectivity index (χ0v) is 8.93. The van der Waals surface area contributed by atoms with Crippen molar-refractivity contribution in [3.8, 4) is 0 Å². The summed E-state index contributed by atoms with van der Waals surface area (Å²) in [5.74, 6) is -0.354. The van der Waals surface area contributed by atoms with Crippen LogP contribution in [0.25, 0.3) is 0 Å². The van der Waals surface area contributed by atoms with Crippen molar-refractivity contribution in [1.29, 1.82) is 0 Å². The number of alkyl halides is 3. The average Bonchev–Trinajstić information content (AvgIpc) is 2.05. The standard InChI is InChI=1S/C12H15F3/c1-9-3-5-11(6-4-9)7-10(2)8-12(13,14)15/h3-6,10H,7-8H2,1-2H3. The molecule has 1 rings (SSSR count). The van der Waals surface area contributed by atoms with Gasteiger partial charge in [0.1, 0.15) is 0 Å². The van der Waals surface area contributed by atoms with E-state index in [2.05, 4.69) is 0 Å². The van der Waals surface area contributed by atoms with Gasteiger partial charge in [-0.15, -0.1) is 0 Å².